The molecule has 0 aromatic heterocycles. The van der Waals surface area contributed by atoms with E-state index in [2.05, 4.69) is 10.1 Å². The molecule has 0 radical (unpaired) electrons. The molecule has 0 unspecified atom stereocenters. The van der Waals surface area contributed by atoms with Gasteiger partial charge in [-0.15, -0.1) is 0 Å². The van der Waals surface area contributed by atoms with Gasteiger partial charge in [-0.1, -0.05) is 6.07 Å². The summed E-state index contributed by atoms with van der Waals surface area (Å²) in [6.45, 7) is 1.00. The molecule has 0 bridgehead atoms. The zero-order chi connectivity index (χ0) is 15.1. The zero-order valence-corrected chi connectivity index (χ0v) is 11.5. The molecule has 0 aliphatic carbocycles. The average Bonchev–Trinajstić information content (AvgIpc) is 2.45. The van der Waals surface area contributed by atoms with Crippen LogP contribution in [-0.2, 0) is 11.2 Å². The first-order valence-electron chi connectivity index (χ1n) is 6.78. The van der Waals surface area contributed by atoms with Crippen molar-refractivity contribution in [3.63, 3.8) is 0 Å². The number of ether oxygens (including phenoxy) is 3. The van der Waals surface area contributed by atoms with E-state index in [0.717, 1.165) is 23.5 Å². The molecule has 0 saturated heterocycles. The largest absolute Gasteiger partial charge is 0.486 e. The molecule has 118 valence electrons. The lowest BCUT2D eigenvalue weighted by atomic mass is 10.1. The van der Waals surface area contributed by atoms with E-state index in [1.54, 1.807) is 0 Å². The van der Waals surface area contributed by atoms with Crippen LogP contribution >= 0.6 is 0 Å². The molecule has 7 heteroatoms. The van der Waals surface area contributed by atoms with Crippen molar-refractivity contribution in [2.45, 2.75) is 12.6 Å². The smallest absolute Gasteiger partial charge is 0.411 e. The summed E-state index contributed by atoms with van der Waals surface area (Å²) in [5.41, 5.74) is 1.09. The number of rotatable bonds is 7. The molecule has 4 nitrogen and oxygen atoms in total. The molecule has 0 saturated carbocycles. The van der Waals surface area contributed by atoms with Gasteiger partial charge < -0.3 is 19.5 Å². The van der Waals surface area contributed by atoms with Crippen molar-refractivity contribution >= 4 is 0 Å². The summed E-state index contributed by atoms with van der Waals surface area (Å²) in [6, 6.07) is 5.75. The Balaban J connectivity index is 1.61. The quantitative estimate of drug-likeness (QED) is 0.784. The molecule has 1 N–H and O–H groups in total. The van der Waals surface area contributed by atoms with Crippen molar-refractivity contribution < 1.29 is 27.4 Å². The summed E-state index contributed by atoms with van der Waals surface area (Å²) in [7, 11) is 0. The van der Waals surface area contributed by atoms with Crippen LogP contribution in [0.5, 0.6) is 11.5 Å². The molecular formula is C14H18F3NO3. The Hall–Kier alpha value is -1.47. The highest BCUT2D eigenvalue weighted by Crippen LogP contribution is 2.30. The average molecular weight is 305 g/mol. The van der Waals surface area contributed by atoms with Crippen molar-refractivity contribution in [1.82, 2.24) is 5.32 Å². The van der Waals surface area contributed by atoms with E-state index in [1.165, 1.54) is 0 Å². The lowest BCUT2D eigenvalue weighted by Crippen LogP contribution is -2.25. The molecule has 2 rings (SSSR count). The predicted molar refractivity (Wildman–Crippen MR) is 70.9 cm³/mol. The van der Waals surface area contributed by atoms with Gasteiger partial charge >= 0.3 is 6.18 Å². The Kier molecular flexibility index (Phi) is 5.69. The van der Waals surface area contributed by atoms with E-state index in [4.69, 9.17) is 9.47 Å². The number of hydrogen-bond donors (Lipinski definition) is 1. The van der Waals surface area contributed by atoms with E-state index in [0.29, 0.717) is 26.3 Å². The van der Waals surface area contributed by atoms with Crippen molar-refractivity contribution in [2.24, 2.45) is 0 Å². The molecule has 0 atom stereocenters. The zero-order valence-electron chi connectivity index (χ0n) is 11.5. The molecule has 1 aliphatic heterocycles. The Morgan fingerprint density at radius 1 is 1.10 bits per heavy atom. The minimum Gasteiger partial charge on any atom is -0.486 e. The third-order valence-electron chi connectivity index (χ3n) is 2.89. The fraction of sp³-hybridized carbons (Fsp3) is 0.571. The molecule has 1 aromatic carbocycles. The first-order valence-corrected chi connectivity index (χ1v) is 6.78. The van der Waals surface area contributed by atoms with Crippen LogP contribution in [0.1, 0.15) is 5.56 Å². The summed E-state index contributed by atoms with van der Waals surface area (Å²) in [4.78, 5) is 0. The van der Waals surface area contributed by atoms with Crippen LogP contribution in [0.25, 0.3) is 0 Å². The molecular weight excluding hydrogens is 287 g/mol. The first-order chi connectivity index (χ1) is 10.0. The third-order valence-corrected chi connectivity index (χ3v) is 2.89. The van der Waals surface area contributed by atoms with Gasteiger partial charge in [-0.2, -0.15) is 13.2 Å². The van der Waals surface area contributed by atoms with Crippen LogP contribution in [-0.4, -0.2) is 45.7 Å². The number of hydrogen-bond acceptors (Lipinski definition) is 4. The lowest BCUT2D eigenvalue weighted by molar-refractivity contribution is -0.173. The minimum absolute atomic E-state index is 0.0423. The summed E-state index contributed by atoms with van der Waals surface area (Å²) >= 11 is 0. The summed E-state index contributed by atoms with van der Waals surface area (Å²) in [5, 5.41) is 3.04. The molecule has 0 amide bonds. The van der Waals surface area contributed by atoms with Gasteiger partial charge in [0.2, 0.25) is 0 Å². The standard InChI is InChI=1S/C14H18F3NO3/c15-14(16,17)10-19-6-5-18-4-3-11-1-2-12-13(9-11)21-8-7-20-12/h1-2,9,18H,3-8,10H2. The van der Waals surface area contributed by atoms with Gasteiger partial charge in [0.1, 0.15) is 19.8 Å². The maximum absolute atomic E-state index is 11.8. The van der Waals surface area contributed by atoms with Crippen LogP contribution in [0.15, 0.2) is 18.2 Å². The van der Waals surface area contributed by atoms with Crippen LogP contribution in [0.4, 0.5) is 13.2 Å². The van der Waals surface area contributed by atoms with Crippen molar-refractivity contribution in [3.05, 3.63) is 23.8 Å². The summed E-state index contributed by atoms with van der Waals surface area (Å²) in [5.74, 6) is 1.49. The number of halogens is 3. The lowest BCUT2D eigenvalue weighted by Gasteiger charge is -2.18. The van der Waals surface area contributed by atoms with E-state index in [-0.39, 0.29) is 6.61 Å². The Labute approximate surface area is 121 Å². The van der Waals surface area contributed by atoms with Crippen LogP contribution < -0.4 is 14.8 Å². The maximum Gasteiger partial charge on any atom is 0.411 e. The van der Waals surface area contributed by atoms with Gasteiger partial charge in [-0.05, 0) is 30.7 Å². The number of fused-ring (bicyclic) bond motifs is 1. The summed E-state index contributed by atoms with van der Waals surface area (Å²) < 4.78 is 50.9. The van der Waals surface area contributed by atoms with Gasteiger partial charge in [0.25, 0.3) is 0 Å². The van der Waals surface area contributed by atoms with Crippen LogP contribution in [0.3, 0.4) is 0 Å². The first kappa shape index (κ1) is 15.9. The fourth-order valence-electron chi connectivity index (χ4n) is 1.93. The van der Waals surface area contributed by atoms with E-state index in [9.17, 15) is 13.2 Å². The molecule has 21 heavy (non-hydrogen) atoms. The van der Waals surface area contributed by atoms with Gasteiger partial charge in [0.15, 0.2) is 11.5 Å². The number of nitrogens with one attached hydrogen (secondary N) is 1. The second kappa shape index (κ2) is 7.51. The minimum atomic E-state index is -4.26. The van der Waals surface area contributed by atoms with Gasteiger partial charge in [-0.25, -0.2) is 0 Å². The van der Waals surface area contributed by atoms with E-state index < -0.39 is 12.8 Å². The van der Waals surface area contributed by atoms with Gasteiger partial charge in [-0.3, -0.25) is 0 Å². The molecule has 1 aliphatic rings. The second-order valence-electron chi connectivity index (χ2n) is 4.65. The maximum atomic E-state index is 11.8. The SMILES string of the molecule is FC(F)(F)COCCNCCc1ccc2c(c1)OCCO2. The normalized spacial score (nSPS) is 14.2. The van der Waals surface area contributed by atoms with Crippen LogP contribution in [0.2, 0.25) is 0 Å². The second-order valence-corrected chi connectivity index (χ2v) is 4.65. The van der Waals surface area contributed by atoms with E-state index >= 15 is 0 Å². The summed E-state index contributed by atoms with van der Waals surface area (Å²) in [6.07, 6.45) is -3.50. The Morgan fingerprint density at radius 2 is 1.86 bits per heavy atom. The van der Waals surface area contributed by atoms with Crippen LogP contribution in [0, 0.1) is 0 Å². The Bertz CT molecular complexity index is 452. The van der Waals surface area contributed by atoms with Crippen molar-refractivity contribution in [1.29, 1.82) is 0 Å². The molecule has 0 spiro atoms. The van der Waals surface area contributed by atoms with Gasteiger partial charge in [0.05, 0.1) is 6.61 Å². The molecule has 0 fully saturated rings. The highest BCUT2D eigenvalue weighted by molar-refractivity contribution is 5.43. The molecule has 1 aromatic rings. The van der Waals surface area contributed by atoms with Crippen molar-refractivity contribution in [3.8, 4) is 11.5 Å². The fourth-order valence-corrected chi connectivity index (χ4v) is 1.93. The Morgan fingerprint density at radius 3 is 2.62 bits per heavy atom. The van der Waals surface area contributed by atoms with Crippen molar-refractivity contribution in [2.75, 3.05) is 39.5 Å². The highest BCUT2D eigenvalue weighted by Gasteiger charge is 2.27. The topological polar surface area (TPSA) is 39.7 Å². The molecule has 1 heterocycles. The monoisotopic (exact) mass is 305 g/mol. The highest BCUT2D eigenvalue weighted by atomic mass is 19.4. The number of alkyl halides is 3. The van der Waals surface area contributed by atoms with Gasteiger partial charge in [0, 0.05) is 6.54 Å². The predicted octanol–water partition coefficient (Wildman–Crippen LogP) is 2.17. The number of benzene rings is 1. The third kappa shape index (κ3) is 5.81. The van der Waals surface area contributed by atoms with E-state index in [1.807, 2.05) is 18.2 Å².